The number of hydrogen-bond acceptors (Lipinski definition) is 1. The fourth-order valence-corrected chi connectivity index (χ4v) is 4.13. The van der Waals surface area contributed by atoms with E-state index >= 15 is 0 Å². The third-order valence-electron chi connectivity index (χ3n) is 5.61. The summed E-state index contributed by atoms with van der Waals surface area (Å²) < 4.78 is 0. The van der Waals surface area contributed by atoms with Gasteiger partial charge in [0.2, 0.25) is 5.91 Å². The number of piperidine rings is 1. The van der Waals surface area contributed by atoms with Gasteiger partial charge in [0.25, 0.3) is 0 Å². The van der Waals surface area contributed by atoms with Crippen molar-refractivity contribution < 1.29 is 4.79 Å². The van der Waals surface area contributed by atoms with Crippen molar-refractivity contribution >= 4 is 16.8 Å². The highest BCUT2D eigenvalue weighted by Gasteiger charge is 2.32. The van der Waals surface area contributed by atoms with Crippen molar-refractivity contribution in [2.75, 3.05) is 13.1 Å². The maximum Gasteiger partial charge on any atom is 0.225 e. The van der Waals surface area contributed by atoms with E-state index in [0.717, 1.165) is 38.8 Å². The number of nitrogens with one attached hydrogen (secondary N) is 1. The summed E-state index contributed by atoms with van der Waals surface area (Å²) in [5.41, 5.74) is 4.01. The summed E-state index contributed by atoms with van der Waals surface area (Å²) in [7, 11) is 0. The Balaban J connectivity index is 1.51. The second-order valence-corrected chi connectivity index (χ2v) is 6.94. The molecular weight excluding hydrogens is 272 g/mol. The van der Waals surface area contributed by atoms with Crippen molar-refractivity contribution in [3.05, 3.63) is 35.5 Å². The number of aromatic amines is 1. The third-order valence-corrected chi connectivity index (χ3v) is 5.61. The number of fused-ring (bicyclic) bond motifs is 1. The quantitative estimate of drug-likeness (QED) is 0.894. The predicted octanol–water partition coefficient (Wildman–Crippen LogP) is 3.98. The predicted molar refractivity (Wildman–Crippen MR) is 88.9 cm³/mol. The van der Waals surface area contributed by atoms with E-state index in [9.17, 15) is 4.79 Å². The number of hydrogen-bond donors (Lipinski definition) is 1. The minimum Gasteiger partial charge on any atom is -0.358 e. The molecule has 2 heterocycles. The van der Waals surface area contributed by atoms with Crippen molar-refractivity contribution in [2.24, 2.45) is 5.92 Å². The Kier molecular flexibility index (Phi) is 3.44. The van der Waals surface area contributed by atoms with Crippen molar-refractivity contribution in [3.8, 4) is 0 Å². The average molecular weight is 296 g/mol. The van der Waals surface area contributed by atoms with E-state index in [2.05, 4.69) is 41.1 Å². The first kappa shape index (κ1) is 13.9. The minimum absolute atomic E-state index is 0.339. The van der Waals surface area contributed by atoms with Gasteiger partial charge < -0.3 is 9.88 Å². The van der Waals surface area contributed by atoms with Gasteiger partial charge >= 0.3 is 0 Å². The van der Waals surface area contributed by atoms with E-state index in [1.54, 1.807) is 0 Å². The number of likely N-dealkylation sites (tertiary alicyclic amines) is 1. The lowest BCUT2D eigenvalue weighted by Crippen LogP contribution is -2.43. The Labute approximate surface area is 131 Å². The first-order chi connectivity index (χ1) is 10.7. The first-order valence-corrected chi connectivity index (χ1v) is 8.60. The molecule has 0 radical (unpaired) electrons. The van der Waals surface area contributed by atoms with Crippen LogP contribution in [0.1, 0.15) is 49.3 Å². The third kappa shape index (κ3) is 2.23. The average Bonchev–Trinajstić information content (AvgIpc) is 2.81. The van der Waals surface area contributed by atoms with E-state index < -0.39 is 0 Å². The number of aromatic nitrogens is 1. The fourth-order valence-electron chi connectivity index (χ4n) is 4.13. The Morgan fingerprint density at radius 1 is 1.14 bits per heavy atom. The number of nitrogens with zero attached hydrogens (tertiary/aromatic N) is 1. The molecule has 3 heteroatoms. The number of carbonyl (C=O) groups is 1. The van der Waals surface area contributed by atoms with Gasteiger partial charge in [0.05, 0.1) is 0 Å². The van der Waals surface area contributed by atoms with Crippen LogP contribution in [0.4, 0.5) is 0 Å². The zero-order chi connectivity index (χ0) is 15.1. The topological polar surface area (TPSA) is 36.1 Å². The molecule has 1 saturated heterocycles. The summed E-state index contributed by atoms with van der Waals surface area (Å²) in [4.78, 5) is 18.0. The summed E-state index contributed by atoms with van der Waals surface area (Å²) in [6, 6.07) is 8.58. The zero-order valence-corrected chi connectivity index (χ0v) is 13.3. The summed E-state index contributed by atoms with van der Waals surface area (Å²) >= 11 is 0. The molecule has 1 amide bonds. The van der Waals surface area contributed by atoms with E-state index in [1.165, 1.54) is 28.6 Å². The molecule has 1 N–H and O–H groups in total. The summed E-state index contributed by atoms with van der Waals surface area (Å²) in [6.07, 6.45) is 5.66. The number of H-pyrrole nitrogens is 1. The van der Waals surface area contributed by atoms with Crippen LogP contribution in [0.5, 0.6) is 0 Å². The molecule has 1 aromatic carbocycles. The van der Waals surface area contributed by atoms with Crippen molar-refractivity contribution in [1.82, 2.24) is 9.88 Å². The SMILES string of the molecule is Cc1[nH]c2ccccc2c1C1CCN(C(=O)C2CCC2)CC1. The molecule has 3 nitrogen and oxygen atoms in total. The van der Waals surface area contributed by atoms with E-state index in [1.807, 2.05) is 0 Å². The molecule has 1 saturated carbocycles. The molecule has 2 aromatic rings. The van der Waals surface area contributed by atoms with Crippen LogP contribution in [-0.4, -0.2) is 28.9 Å². The van der Waals surface area contributed by atoms with Gasteiger partial charge in [-0.15, -0.1) is 0 Å². The standard InChI is InChI=1S/C19H24N2O/c1-13-18(16-7-2-3-8-17(16)20-13)14-9-11-21(12-10-14)19(22)15-5-4-6-15/h2-3,7-8,14-15,20H,4-6,9-12H2,1H3. The summed E-state index contributed by atoms with van der Waals surface area (Å²) in [5.74, 6) is 1.34. The highest BCUT2D eigenvalue weighted by molar-refractivity contribution is 5.85. The second-order valence-electron chi connectivity index (χ2n) is 6.94. The molecule has 116 valence electrons. The number of rotatable bonds is 2. The van der Waals surface area contributed by atoms with Gasteiger partial charge in [0.1, 0.15) is 0 Å². The normalized spacial score (nSPS) is 20.3. The Hall–Kier alpha value is -1.77. The first-order valence-electron chi connectivity index (χ1n) is 8.60. The lowest BCUT2D eigenvalue weighted by atomic mass is 9.82. The molecule has 1 aliphatic heterocycles. The smallest absolute Gasteiger partial charge is 0.225 e. The lowest BCUT2D eigenvalue weighted by molar-refractivity contribution is -0.139. The molecule has 2 aliphatic rings. The largest absolute Gasteiger partial charge is 0.358 e. The highest BCUT2D eigenvalue weighted by atomic mass is 16.2. The lowest BCUT2D eigenvalue weighted by Gasteiger charge is -2.36. The number of amides is 1. The van der Waals surface area contributed by atoms with Crippen LogP contribution in [0.2, 0.25) is 0 Å². The van der Waals surface area contributed by atoms with Crippen LogP contribution in [-0.2, 0) is 4.79 Å². The molecule has 0 spiro atoms. The van der Waals surface area contributed by atoms with Crippen LogP contribution < -0.4 is 0 Å². The molecule has 1 aliphatic carbocycles. The summed E-state index contributed by atoms with van der Waals surface area (Å²) in [6.45, 7) is 4.04. The molecule has 1 aromatic heterocycles. The monoisotopic (exact) mass is 296 g/mol. The van der Waals surface area contributed by atoms with Gasteiger partial charge in [-0.2, -0.15) is 0 Å². The van der Waals surface area contributed by atoms with Crippen LogP contribution in [0, 0.1) is 12.8 Å². The van der Waals surface area contributed by atoms with Crippen molar-refractivity contribution in [2.45, 2.75) is 44.9 Å². The second kappa shape index (κ2) is 5.45. The maximum atomic E-state index is 12.4. The van der Waals surface area contributed by atoms with Gasteiger partial charge in [-0.1, -0.05) is 24.6 Å². The number of para-hydroxylation sites is 1. The van der Waals surface area contributed by atoms with Crippen LogP contribution in [0.3, 0.4) is 0 Å². The molecule has 0 unspecified atom stereocenters. The van der Waals surface area contributed by atoms with Crippen LogP contribution in [0.25, 0.3) is 10.9 Å². The van der Waals surface area contributed by atoms with Crippen LogP contribution >= 0.6 is 0 Å². The van der Waals surface area contributed by atoms with Crippen molar-refractivity contribution in [1.29, 1.82) is 0 Å². The zero-order valence-electron chi connectivity index (χ0n) is 13.3. The number of aryl methyl sites for hydroxylation is 1. The van der Waals surface area contributed by atoms with Gasteiger partial charge in [-0.25, -0.2) is 0 Å². The molecule has 4 rings (SSSR count). The maximum absolute atomic E-state index is 12.4. The number of carbonyl (C=O) groups excluding carboxylic acids is 1. The molecule has 22 heavy (non-hydrogen) atoms. The molecule has 0 atom stereocenters. The van der Waals surface area contributed by atoms with Gasteiger partial charge in [0, 0.05) is 35.6 Å². The van der Waals surface area contributed by atoms with E-state index in [-0.39, 0.29) is 0 Å². The number of benzene rings is 1. The minimum atomic E-state index is 0.339. The highest BCUT2D eigenvalue weighted by Crippen LogP contribution is 2.37. The Bertz CT molecular complexity index is 691. The molecular formula is C19H24N2O. The van der Waals surface area contributed by atoms with Gasteiger partial charge in [-0.05, 0) is 50.2 Å². The van der Waals surface area contributed by atoms with Crippen LogP contribution in [0.15, 0.2) is 24.3 Å². The van der Waals surface area contributed by atoms with Gasteiger partial charge in [-0.3, -0.25) is 4.79 Å². The summed E-state index contributed by atoms with van der Waals surface area (Å²) in [5, 5.41) is 1.36. The molecule has 2 fully saturated rings. The van der Waals surface area contributed by atoms with Crippen molar-refractivity contribution in [3.63, 3.8) is 0 Å². The van der Waals surface area contributed by atoms with E-state index in [0.29, 0.717) is 17.7 Å². The Morgan fingerprint density at radius 3 is 2.55 bits per heavy atom. The van der Waals surface area contributed by atoms with E-state index in [4.69, 9.17) is 0 Å². The Morgan fingerprint density at radius 2 is 1.86 bits per heavy atom. The fraction of sp³-hybridized carbons (Fsp3) is 0.526. The van der Waals surface area contributed by atoms with Gasteiger partial charge in [0.15, 0.2) is 0 Å². The molecule has 0 bridgehead atoms.